The molecule has 0 aliphatic carbocycles. The number of nitrogens with zero attached hydrogens (tertiary/aromatic N) is 2. The van der Waals surface area contributed by atoms with Crippen LogP contribution in [0.2, 0.25) is 0 Å². The highest BCUT2D eigenvalue weighted by Gasteiger charge is 2.43. The maximum absolute atomic E-state index is 12.5. The fraction of sp³-hybridized carbons (Fsp3) is 0.600. The summed E-state index contributed by atoms with van der Waals surface area (Å²) in [4.78, 5) is 18.7. The number of carbonyl (C=O) groups excluding carboxylic acids is 1. The number of hydrogen-bond acceptors (Lipinski definition) is 3. The second-order valence-electron chi connectivity index (χ2n) is 6.02. The molecule has 0 saturated carbocycles. The Bertz CT molecular complexity index is 483. The maximum atomic E-state index is 12.5. The van der Waals surface area contributed by atoms with Crippen LogP contribution in [0.3, 0.4) is 0 Å². The molecule has 0 aromatic carbocycles. The summed E-state index contributed by atoms with van der Waals surface area (Å²) in [6.07, 6.45) is 0.160. The zero-order chi connectivity index (χ0) is 14.2. The molecular formula is C15H22N2O2. The van der Waals surface area contributed by atoms with Gasteiger partial charge in [-0.3, -0.25) is 4.79 Å². The lowest BCUT2D eigenvalue weighted by Gasteiger charge is -2.33. The maximum Gasteiger partial charge on any atom is 0.272 e. The third-order valence-electron chi connectivity index (χ3n) is 3.96. The van der Waals surface area contributed by atoms with Gasteiger partial charge in [0.25, 0.3) is 5.91 Å². The molecule has 4 heteroatoms. The van der Waals surface area contributed by atoms with Crippen molar-refractivity contribution in [2.75, 3.05) is 6.54 Å². The van der Waals surface area contributed by atoms with Gasteiger partial charge in [-0.25, -0.2) is 4.98 Å². The van der Waals surface area contributed by atoms with Crippen molar-refractivity contribution in [3.8, 4) is 0 Å². The molecular weight excluding hydrogens is 240 g/mol. The molecule has 1 amide bonds. The van der Waals surface area contributed by atoms with Crippen molar-refractivity contribution < 1.29 is 9.90 Å². The number of amides is 1. The fourth-order valence-corrected chi connectivity index (χ4v) is 2.47. The van der Waals surface area contributed by atoms with Crippen molar-refractivity contribution in [1.82, 2.24) is 9.88 Å². The first-order valence-corrected chi connectivity index (χ1v) is 6.81. The Labute approximate surface area is 114 Å². The van der Waals surface area contributed by atoms with Crippen LogP contribution in [0.5, 0.6) is 0 Å². The second-order valence-corrected chi connectivity index (χ2v) is 6.02. The molecule has 1 aromatic rings. The Hall–Kier alpha value is -1.42. The first-order chi connectivity index (χ1) is 8.84. The van der Waals surface area contributed by atoms with Crippen molar-refractivity contribution in [2.45, 2.75) is 51.7 Å². The van der Waals surface area contributed by atoms with Crippen LogP contribution in [0.4, 0.5) is 0 Å². The number of aliphatic hydroxyl groups excluding tert-OH is 1. The van der Waals surface area contributed by atoms with Gasteiger partial charge in [0.15, 0.2) is 0 Å². The van der Waals surface area contributed by atoms with Gasteiger partial charge in [0, 0.05) is 12.2 Å². The Morgan fingerprint density at radius 3 is 2.68 bits per heavy atom. The summed E-state index contributed by atoms with van der Waals surface area (Å²) in [5.41, 5.74) is 0.865. The van der Waals surface area contributed by atoms with Gasteiger partial charge in [-0.1, -0.05) is 19.9 Å². The molecule has 1 fully saturated rings. The van der Waals surface area contributed by atoms with Crippen molar-refractivity contribution in [3.63, 3.8) is 0 Å². The lowest BCUT2D eigenvalue weighted by molar-refractivity contribution is 0.0389. The number of carbonyl (C=O) groups is 1. The first kappa shape index (κ1) is 14.0. The van der Waals surface area contributed by atoms with E-state index in [4.69, 9.17) is 0 Å². The van der Waals surface area contributed by atoms with E-state index in [1.807, 2.05) is 26.0 Å². The van der Waals surface area contributed by atoms with Gasteiger partial charge in [-0.2, -0.15) is 0 Å². The van der Waals surface area contributed by atoms with E-state index in [0.717, 1.165) is 5.69 Å². The number of rotatable bonds is 2. The van der Waals surface area contributed by atoms with Crippen LogP contribution in [-0.4, -0.2) is 39.1 Å². The SMILES string of the molecule is CC(C)c1cccc(C(=O)N2CCC(O)C2(C)C)n1. The molecule has 0 spiro atoms. The van der Waals surface area contributed by atoms with Crippen LogP contribution in [-0.2, 0) is 0 Å². The number of aromatic nitrogens is 1. The predicted octanol–water partition coefficient (Wildman–Crippen LogP) is 2.19. The van der Waals surface area contributed by atoms with Crippen LogP contribution >= 0.6 is 0 Å². The fourth-order valence-electron chi connectivity index (χ4n) is 2.47. The van der Waals surface area contributed by atoms with Crippen molar-refractivity contribution in [2.24, 2.45) is 0 Å². The Kier molecular flexibility index (Phi) is 3.63. The molecule has 4 nitrogen and oxygen atoms in total. The van der Waals surface area contributed by atoms with Crippen LogP contribution < -0.4 is 0 Å². The van der Waals surface area contributed by atoms with E-state index in [-0.39, 0.29) is 5.91 Å². The third-order valence-corrected chi connectivity index (χ3v) is 3.96. The average Bonchev–Trinajstić information content (AvgIpc) is 2.63. The quantitative estimate of drug-likeness (QED) is 0.889. The van der Waals surface area contributed by atoms with E-state index in [9.17, 15) is 9.90 Å². The highest BCUT2D eigenvalue weighted by Crippen LogP contribution is 2.30. The van der Waals surface area contributed by atoms with Crippen LogP contribution in [0.15, 0.2) is 18.2 Å². The highest BCUT2D eigenvalue weighted by molar-refractivity contribution is 5.93. The Morgan fingerprint density at radius 1 is 1.47 bits per heavy atom. The normalized spacial score (nSPS) is 22.0. The van der Waals surface area contributed by atoms with Crippen LogP contribution in [0.25, 0.3) is 0 Å². The minimum Gasteiger partial charge on any atom is -0.391 e. The van der Waals surface area contributed by atoms with Gasteiger partial charge in [0.1, 0.15) is 5.69 Å². The molecule has 1 saturated heterocycles. The lowest BCUT2D eigenvalue weighted by Crippen LogP contribution is -2.48. The summed E-state index contributed by atoms with van der Waals surface area (Å²) in [6, 6.07) is 5.55. The molecule has 19 heavy (non-hydrogen) atoms. The molecule has 2 heterocycles. The largest absolute Gasteiger partial charge is 0.391 e. The number of aliphatic hydroxyl groups is 1. The summed E-state index contributed by atoms with van der Waals surface area (Å²) in [5, 5.41) is 9.95. The summed E-state index contributed by atoms with van der Waals surface area (Å²) in [6.45, 7) is 8.49. The zero-order valence-corrected chi connectivity index (χ0v) is 12.1. The molecule has 1 atom stereocenters. The van der Waals surface area contributed by atoms with E-state index >= 15 is 0 Å². The van der Waals surface area contributed by atoms with E-state index in [1.165, 1.54) is 0 Å². The molecule has 0 radical (unpaired) electrons. The number of pyridine rings is 1. The minimum atomic E-state index is -0.521. The summed E-state index contributed by atoms with van der Waals surface area (Å²) in [7, 11) is 0. The molecule has 1 aromatic heterocycles. The number of likely N-dealkylation sites (tertiary alicyclic amines) is 1. The van der Waals surface area contributed by atoms with E-state index in [2.05, 4.69) is 18.8 Å². The molecule has 104 valence electrons. The van der Waals surface area contributed by atoms with Gasteiger partial charge in [0.05, 0.1) is 11.6 Å². The van der Waals surface area contributed by atoms with Crippen LogP contribution in [0.1, 0.15) is 56.2 Å². The molecule has 1 aliphatic rings. The van der Waals surface area contributed by atoms with Crippen molar-refractivity contribution in [1.29, 1.82) is 0 Å². The Morgan fingerprint density at radius 2 is 2.16 bits per heavy atom. The molecule has 2 rings (SSSR count). The van der Waals surface area contributed by atoms with E-state index < -0.39 is 11.6 Å². The minimum absolute atomic E-state index is 0.0935. The van der Waals surface area contributed by atoms with Gasteiger partial charge >= 0.3 is 0 Å². The van der Waals surface area contributed by atoms with Crippen LogP contribution in [0, 0.1) is 0 Å². The standard InChI is InChI=1S/C15H22N2O2/c1-10(2)11-6-5-7-12(16-11)14(19)17-9-8-13(18)15(17,3)4/h5-7,10,13,18H,8-9H2,1-4H3. The molecule has 0 bridgehead atoms. The smallest absolute Gasteiger partial charge is 0.272 e. The summed E-state index contributed by atoms with van der Waals surface area (Å²) in [5.74, 6) is 0.203. The monoisotopic (exact) mass is 262 g/mol. The Balaban J connectivity index is 2.28. The lowest BCUT2D eigenvalue weighted by atomic mass is 9.98. The predicted molar refractivity (Wildman–Crippen MR) is 74.1 cm³/mol. The summed E-state index contributed by atoms with van der Waals surface area (Å²) < 4.78 is 0. The van der Waals surface area contributed by atoms with Crippen molar-refractivity contribution in [3.05, 3.63) is 29.6 Å². The summed E-state index contributed by atoms with van der Waals surface area (Å²) >= 11 is 0. The van der Waals surface area contributed by atoms with Gasteiger partial charge in [0.2, 0.25) is 0 Å². The van der Waals surface area contributed by atoms with Gasteiger partial charge < -0.3 is 10.0 Å². The van der Waals surface area contributed by atoms with E-state index in [0.29, 0.717) is 24.6 Å². The topological polar surface area (TPSA) is 53.4 Å². The molecule has 1 unspecified atom stereocenters. The first-order valence-electron chi connectivity index (χ1n) is 6.81. The zero-order valence-electron chi connectivity index (χ0n) is 12.1. The second kappa shape index (κ2) is 4.93. The van der Waals surface area contributed by atoms with E-state index in [1.54, 1.807) is 11.0 Å². The average molecular weight is 262 g/mol. The third kappa shape index (κ3) is 2.50. The van der Waals surface area contributed by atoms with Gasteiger partial charge in [-0.05, 0) is 38.3 Å². The highest BCUT2D eigenvalue weighted by atomic mass is 16.3. The molecule has 1 N–H and O–H groups in total. The number of hydrogen-bond donors (Lipinski definition) is 1. The van der Waals surface area contributed by atoms with Gasteiger partial charge in [-0.15, -0.1) is 0 Å². The molecule has 1 aliphatic heterocycles. The van der Waals surface area contributed by atoms with Crippen molar-refractivity contribution >= 4 is 5.91 Å².